The van der Waals surface area contributed by atoms with Crippen LogP contribution in [0.5, 0.6) is 11.5 Å². The van der Waals surface area contributed by atoms with Crippen molar-refractivity contribution in [1.29, 1.82) is 0 Å². The third-order valence-electron chi connectivity index (χ3n) is 3.81. The van der Waals surface area contributed by atoms with Gasteiger partial charge in [-0.2, -0.15) is 0 Å². The Hall–Kier alpha value is -1.38. The van der Waals surface area contributed by atoms with Gasteiger partial charge in [0.25, 0.3) is 0 Å². The Morgan fingerprint density at radius 3 is 2.22 bits per heavy atom. The quantitative estimate of drug-likeness (QED) is 0.199. The van der Waals surface area contributed by atoms with Crippen LogP contribution in [-0.2, 0) is 10.1 Å². The van der Waals surface area contributed by atoms with E-state index in [1.54, 1.807) is 48.5 Å². The molecule has 0 bridgehead atoms. The first-order valence-electron chi connectivity index (χ1n) is 8.31. The van der Waals surface area contributed by atoms with Crippen molar-refractivity contribution in [2.75, 3.05) is 6.61 Å². The van der Waals surface area contributed by atoms with Gasteiger partial charge < -0.3 is 14.0 Å². The minimum atomic E-state index is -4.21. The van der Waals surface area contributed by atoms with Crippen LogP contribution in [-0.4, -0.2) is 30.8 Å². The standard InChI is InChI=1S/C19H22O6S.Na/c1-15(26(21,22)23)7-5-6-14-24-17-12-10-16(11-13-17)19(20)25-18-8-3-2-4-9-18;/h2-4,8-13,15H,5-7,14H2,1H3,(H,21,22,23);/q;+1/p-1. The van der Waals surface area contributed by atoms with Gasteiger partial charge in [0.05, 0.1) is 22.3 Å². The van der Waals surface area contributed by atoms with Gasteiger partial charge in [-0.05, 0) is 62.6 Å². The van der Waals surface area contributed by atoms with Crippen molar-refractivity contribution in [2.24, 2.45) is 0 Å². The number of hydrogen-bond acceptors (Lipinski definition) is 6. The first-order valence-corrected chi connectivity index (χ1v) is 9.78. The molecule has 2 aromatic carbocycles. The monoisotopic (exact) mass is 400 g/mol. The Morgan fingerprint density at radius 2 is 1.63 bits per heavy atom. The third-order valence-corrected chi connectivity index (χ3v) is 5.03. The number of rotatable bonds is 9. The Balaban J connectivity index is 0.00000364. The van der Waals surface area contributed by atoms with E-state index in [9.17, 15) is 17.8 Å². The number of carbonyl (C=O) groups excluding carboxylic acids is 1. The molecule has 0 aliphatic rings. The predicted octanol–water partition coefficient (Wildman–Crippen LogP) is 0.393. The number of unbranched alkanes of at least 4 members (excludes halogenated alkanes) is 1. The molecule has 0 heterocycles. The van der Waals surface area contributed by atoms with E-state index in [1.807, 2.05) is 6.07 Å². The van der Waals surface area contributed by atoms with Gasteiger partial charge in [-0.15, -0.1) is 0 Å². The fourth-order valence-corrected chi connectivity index (χ4v) is 2.67. The fourth-order valence-electron chi connectivity index (χ4n) is 2.21. The second-order valence-corrected chi connectivity index (χ2v) is 7.66. The SMILES string of the molecule is CC(CCCCOc1ccc(C(=O)Oc2ccccc2)cc1)S(=O)(=O)[O-].[Na+]. The maximum atomic E-state index is 12.0. The van der Waals surface area contributed by atoms with Crippen LogP contribution in [0.3, 0.4) is 0 Å². The number of ether oxygens (including phenoxy) is 2. The van der Waals surface area contributed by atoms with Crippen molar-refractivity contribution in [3.63, 3.8) is 0 Å². The number of carbonyl (C=O) groups is 1. The molecule has 0 amide bonds. The third kappa shape index (κ3) is 8.45. The van der Waals surface area contributed by atoms with E-state index in [1.165, 1.54) is 6.92 Å². The summed E-state index contributed by atoms with van der Waals surface area (Å²) in [5.41, 5.74) is 0.413. The van der Waals surface area contributed by atoms with Crippen molar-refractivity contribution in [3.8, 4) is 11.5 Å². The zero-order chi connectivity index (χ0) is 19.0. The zero-order valence-electron chi connectivity index (χ0n) is 15.5. The van der Waals surface area contributed by atoms with Crippen LogP contribution >= 0.6 is 0 Å². The number of benzene rings is 2. The molecule has 0 fully saturated rings. The average molecular weight is 400 g/mol. The Morgan fingerprint density at radius 1 is 1.00 bits per heavy atom. The first-order chi connectivity index (χ1) is 12.4. The number of hydrogen-bond donors (Lipinski definition) is 0. The molecule has 140 valence electrons. The first kappa shape index (κ1) is 23.7. The fraction of sp³-hybridized carbons (Fsp3) is 0.316. The topological polar surface area (TPSA) is 92.7 Å². The van der Waals surface area contributed by atoms with Crippen LogP contribution in [0.15, 0.2) is 54.6 Å². The van der Waals surface area contributed by atoms with Crippen molar-refractivity contribution < 1.29 is 56.8 Å². The molecule has 6 nitrogen and oxygen atoms in total. The van der Waals surface area contributed by atoms with E-state index in [-0.39, 0.29) is 29.6 Å². The minimum Gasteiger partial charge on any atom is -0.748 e. The number of esters is 1. The van der Waals surface area contributed by atoms with E-state index in [0.717, 1.165) is 0 Å². The maximum Gasteiger partial charge on any atom is 1.00 e. The van der Waals surface area contributed by atoms with Crippen molar-refractivity contribution in [1.82, 2.24) is 0 Å². The largest absolute Gasteiger partial charge is 1.00 e. The molecule has 0 radical (unpaired) electrons. The Labute approximate surface area is 181 Å². The van der Waals surface area contributed by atoms with Gasteiger partial charge in [-0.25, -0.2) is 13.2 Å². The van der Waals surface area contributed by atoms with Crippen LogP contribution < -0.4 is 39.0 Å². The normalized spacial score (nSPS) is 11.9. The summed E-state index contributed by atoms with van der Waals surface area (Å²) in [5, 5.41) is -0.877. The van der Waals surface area contributed by atoms with Crippen molar-refractivity contribution in [2.45, 2.75) is 31.4 Å². The molecular formula is C19H21NaO6S. The van der Waals surface area contributed by atoms with Crippen molar-refractivity contribution in [3.05, 3.63) is 60.2 Å². The summed E-state index contributed by atoms with van der Waals surface area (Å²) in [6.07, 6.45) is 1.54. The predicted molar refractivity (Wildman–Crippen MR) is 96.3 cm³/mol. The molecule has 2 rings (SSSR count). The molecule has 8 heteroatoms. The molecule has 1 unspecified atom stereocenters. The second kappa shape index (κ2) is 11.5. The van der Waals surface area contributed by atoms with Crippen LogP contribution in [0, 0.1) is 0 Å². The van der Waals surface area contributed by atoms with Gasteiger partial charge in [-0.3, -0.25) is 0 Å². The van der Waals surface area contributed by atoms with Crippen LogP contribution in [0.25, 0.3) is 0 Å². The van der Waals surface area contributed by atoms with Gasteiger partial charge in [0.2, 0.25) is 0 Å². The van der Waals surface area contributed by atoms with Gasteiger partial charge >= 0.3 is 35.5 Å². The zero-order valence-corrected chi connectivity index (χ0v) is 18.3. The van der Waals surface area contributed by atoms with E-state index in [0.29, 0.717) is 42.9 Å². The number of para-hydroxylation sites is 1. The summed E-state index contributed by atoms with van der Waals surface area (Å²) >= 11 is 0. The summed E-state index contributed by atoms with van der Waals surface area (Å²) in [5.74, 6) is 0.633. The Kier molecular flexibility index (Phi) is 10.0. The summed E-state index contributed by atoms with van der Waals surface area (Å²) < 4.78 is 43.2. The van der Waals surface area contributed by atoms with E-state index < -0.39 is 21.3 Å². The molecular weight excluding hydrogens is 379 g/mol. The molecule has 27 heavy (non-hydrogen) atoms. The Bertz CT molecular complexity index is 806. The van der Waals surface area contributed by atoms with Crippen molar-refractivity contribution >= 4 is 16.1 Å². The molecule has 0 spiro atoms. The maximum absolute atomic E-state index is 12.0. The van der Waals surface area contributed by atoms with E-state index in [4.69, 9.17) is 9.47 Å². The minimum absolute atomic E-state index is 0. The molecule has 0 aromatic heterocycles. The smallest absolute Gasteiger partial charge is 0.748 e. The van der Waals surface area contributed by atoms with Gasteiger partial charge in [0.1, 0.15) is 11.5 Å². The molecule has 0 N–H and O–H groups in total. The van der Waals surface area contributed by atoms with Gasteiger partial charge in [0, 0.05) is 5.25 Å². The molecule has 0 saturated heterocycles. The molecule has 0 aliphatic carbocycles. The average Bonchev–Trinajstić information content (AvgIpc) is 2.62. The van der Waals surface area contributed by atoms with E-state index >= 15 is 0 Å². The molecule has 0 saturated carbocycles. The summed E-state index contributed by atoms with van der Waals surface area (Å²) in [4.78, 5) is 12.0. The summed E-state index contributed by atoms with van der Waals surface area (Å²) in [6, 6.07) is 15.4. The second-order valence-electron chi connectivity index (χ2n) is 5.87. The summed E-state index contributed by atoms with van der Waals surface area (Å²) in [7, 11) is -4.21. The molecule has 1 atom stereocenters. The van der Waals surface area contributed by atoms with Gasteiger partial charge in [-0.1, -0.05) is 18.2 Å². The molecule has 0 aliphatic heterocycles. The van der Waals surface area contributed by atoms with Crippen LogP contribution in [0.1, 0.15) is 36.5 Å². The van der Waals surface area contributed by atoms with E-state index in [2.05, 4.69) is 0 Å². The van der Waals surface area contributed by atoms with Crippen LogP contribution in [0.2, 0.25) is 0 Å². The van der Waals surface area contributed by atoms with Gasteiger partial charge in [0.15, 0.2) is 0 Å². The van der Waals surface area contributed by atoms with Crippen LogP contribution in [0.4, 0.5) is 0 Å². The molecule has 2 aromatic rings. The summed E-state index contributed by atoms with van der Waals surface area (Å²) in [6.45, 7) is 1.82.